The zero-order chi connectivity index (χ0) is 14.9. The first-order valence-corrected chi connectivity index (χ1v) is 7.82. The average molecular weight is 288 g/mol. The highest BCUT2D eigenvalue weighted by molar-refractivity contribution is 5.67. The summed E-state index contributed by atoms with van der Waals surface area (Å²) in [6, 6.07) is 8.28. The van der Waals surface area contributed by atoms with E-state index in [9.17, 15) is 0 Å². The van der Waals surface area contributed by atoms with Crippen LogP contribution in [0.3, 0.4) is 0 Å². The van der Waals surface area contributed by atoms with Crippen LogP contribution in [0.2, 0.25) is 0 Å². The van der Waals surface area contributed by atoms with E-state index in [1.54, 1.807) is 0 Å². The smallest absolute Gasteiger partial charge is 0.201 e. The van der Waals surface area contributed by atoms with Gasteiger partial charge in [-0.1, -0.05) is 43.3 Å². The molecule has 0 aromatic heterocycles. The van der Waals surface area contributed by atoms with E-state index < -0.39 is 5.79 Å². The predicted molar refractivity (Wildman–Crippen MR) is 82.5 cm³/mol. The van der Waals surface area contributed by atoms with Gasteiger partial charge in [-0.3, -0.25) is 0 Å². The third-order valence-electron chi connectivity index (χ3n) is 4.66. The lowest BCUT2D eigenvalue weighted by Gasteiger charge is -2.42. The van der Waals surface area contributed by atoms with E-state index in [2.05, 4.69) is 44.7 Å². The summed E-state index contributed by atoms with van der Waals surface area (Å²) in [7, 11) is 0. The summed E-state index contributed by atoms with van der Waals surface area (Å²) in [6.45, 7) is 9.00. The lowest BCUT2D eigenvalue weighted by molar-refractivity contribution is -0.484. The molecule has 0 bridgehead atoms. The molecule has 1 atom stereocenters. The molecule has 1 saturated heterocycles. The monoisotopic (exact) mass is 288 g/mol. The molecule has 1 spiro atoms. The van der Waals surface area contributed by atoms with Gasteiger partial charge in [-0.05, 0) is 36.8 Å². The Hall–Kier alpha value is -1.16. The van der Waals surface area contributed by atoms with Gasteiger partial charge in [0.05, 0.1) is 6.61 Å². The van der Waals surface area contributed by atoms with Gasteiger partial charge >= 0.3 is 0 Å². The van der Waals surface area contributed by atoms with Crippen LogP contribution in [0.1, 0.15) is 43.7 Å². The topological polar surface area (TPSA) is 27.7 Å². The van der Waals surface area contributed by atoms with Crippen molar-refractivity contribution in [2.24, 2.45) is 5.92 Å². The van der Waals surface area contributed by atoms with Crippen molar-refractivity contribution in [2.45, 2.75) is 51.4 Å². The third-order valence-corrected chi connectivity index (χ3v) is 4.66. The number of benzene rings is 1. The second-order valence-electron chi connectivity index (χ2n) is 6.46. The maximum absolute atomic E-state index is 6.03. The number of ether oxygens (including phenoxy) is 1. The molecule has 114 valence electrons. The normalized spacial score (nSPS) is 33.0. The van der Waals surface area contributed by atoms with Gasteiger partial charge in [0.15, 0.2) is 0 Å². The zero-order valence-electron chi connectivity index (χ0n) is 12.9. The van der Waals surface area contributed by atoms with Crippen LogP contribution in [0.15, 0.2) is 30.8 Å². The second kappa shape index (κ2) is 5.91. The second-order valence-corrected chi connectivity index (χ2v) is 6.46. The fourth-order valence-corrected chi connectivity index (χ4v) is 2.97. The fourth-order valence-electron chi connectivity index (χ4n) is 2.97. The Bertz CT molecular complexity index is 488. The summed E-state index contributed by atoms with van der Waals surface area (Å²) >= 11 is 0. The Morgan fingerprint density at radius 1 is 1.19 bits per heavy atom. The number of hydrogen-bond donors (Lipinski definition) is 0. The Balaban J connectivity index is 1.60. The molecule has 0 radical (unpaired) electrons. The van der Waals surface area contributed by atoms with Gasteiger partial charge in [-0.15, -0.1) is 0 Å². The molecule has 1 aliphatic heterocycles. The summed E-state index contributed by atoms with van der Waals surface area (Å²) < 4.78 is 6.03. The van der Waals surface area contributed by atoms with Crippen LogP contribution < -0.4 is 0 Å². The van der Waals surface area contributed by atoms with Gasteiger partial charge in [-0.25, -0.2) is 9.78 Å². The first kappa shape index (κ1) is 14.8. The van der Waals surface area contributed by atoms with Crippen molar-refractivity contribution in [3.8, 4) is 0 Å². The Morgan fingerprint density at radius 3 is 2.43 bits per heavy atom. The lowest BCUT2D eigenvalue weighted by Crippen LogP contribution is -2.47. The van der Waals surface area contributed by atoms with E-state index in [-0.39, 0.29) is 6.10 Å². The van der Waals surface area contributed by atoms with Crippen LogP contribution in [0, 0.1) is 12.8 Å². The van der Waals surface area contributed by atoms with Gasteiger partial charge in [0, 0.05) is 12.8 Å². The Morgan fingerprint density at radius 2 is 1.86 bits per heavy atom. The van der Waals surface area contributed by atoms with E-state index in [0.29, 0.717) is 6.61 Å². The maximum Gasteiger partial charge on any atom is 0.201 e. The summed E-state index contributed by atoms with van der Waals surface area (Å²) in [6.07, 6.45) is 3.87. The molecule has 1 saturated carbocycles. The lowest BCUT2D eigenvalue weighted by atomic mass is 9.86. The Labute approximate surface area is 126 Å². The van der Waals surface area contributed by atoms with E-state index in [1.165, 1.54) is 5.56 Å². The quantitative estimate of drug-likeness (QED) is 0.761. The summed E-state index contributed by atoms with van der Waals surface area (Å²) in [5, 5.41) is 0. The van der Waals surface area contributed by atoms with Crippen molar-refractivity contribution in [1.29, 1.82) is 0 Å². The molecule has 1 unspecified atom stereocenters. The summed E-state index contributed by atoms with van der Waals surface area (Å²) in [5.74, 6) is 0.236. The molecule has 21 heavy (non-hydrogen) atoms. The molecule has 0 N–H and O–H groups in total. The third kappa shape index (κ3) is 3.20. The van der Waals surface area contributed by atoms with Crippen LogP contribution in [0.25, 0.3) is 5.57 Å². The molecular weight excluding hydrogens is 264 g/mol. The van der Waals surface area contributed by atoms with Gasteiger partial charge in [-0.2, -0.15) is 0 Å². The molecule has 1 aromatic carbocycles. The first-order valence-electron chi connectivity index (χ1n) is 7.82. The molecule has 0 amide bonds. The highest BCUT2D eigenvalue weighted by Crippen LogP contribution is 2.39. The van der Waals surface area contributed by atoms with Crippen LogP contribution >= 0.6 is 0 Å². The molecule has 3 nitrogen and oxygen atoms in total. The van der Waals surface area contributed by atoms with Gasteiger partial charge in [0.2, 0.25) is 5.79 Å². The molecule has 1 heterocycles. The maximum atomic E-state index is 6.03. The fraction of sp³-hybridized carbons (Fsp3) is 0.556. The predicted octanol–water partition coefficient (Wildman–Crippen LogP) is 4.26. The van der Waals surface area contributed by atoms with E-state index >= 15 is 0 Å². The molecule has 2 fully saturated rings. The van der Waals surface area contributed by atoms with Crippen molar-refractivity contribution < 1.29 is 14.5 Å². The average Bonchev–Trinajstić information content (AvgIpc) is 2.51. The molecule has 1 aromatic rings. The van der Waals surface area contributed by atoms with Gasteiger partial charge in [0.25, 0.3) is 0 Å². The number of aryl methyl sites for hydroxylation is 1. The van der Waals surface area contributed by atoms with Crippen molar-refractivity contribution in [3.05, 3.63) is 42.0 Å². The standard InChI is InChI=1S/C18H24O3/c1-13-4-6-16(7-5-13)15(3)17-12-19-18(21-20-17)10-8-14(2)9-11-18/h4-7,14,17H,3,8-12H2,1-2H3. The van der Waals surface area contributed by atoms with Crippen LogP contribution in [-0.2, 0) is 14.5 Å². The molecule has 2 aliphatic rings. The van der Waals surface area contributed by atoms with Gasteiger partial charge < -0.3 is 4.74 Å². The molecule has 1 aliphatic carbocycles. The minimum Gasteiger partial charge on any atom is -0.344 e. The minimum atomic E-state index is -0.517. The summed E-state index contributed by atoms with van der Waals surface area (Å²) in [4.78, 5) is 11.3. The van der Waals surface area contributed by atoms with Crippen molar-refractivity contribution in [3.63, 3.8) is 0 Å². The minimum absolute atomic E-state index is 0.224. The SMILES string of the molecule is C=C(c1ccc(C)cc1)C1COC2(CCC(C)CC2)OO1. The molecule has 3 heteroatoms. The van der Waals surface area contributed by atoms with E-state index in [4.69, 9.17) is 14.5 Å². The first-order chi connectivity index (χ1) is 10.1. The summed E-state index contributed by atoms with van der Waals surface area (Å²) in [5.41, 5.74) is 3.22. The van der Waals surface area contributed by atoms with Crippen LogP contribution in [0.4, 0.5) is 0 Å². The van der Waals surface area contributed by atoms with E-state index in [0.717, 1.165) is 42.7 Å². The van der Waals surface area contributed by atoms with Crippen molar-refractivity contribution in [2.75, 3.05) is 6.61 Å². The van der Waals surface area contributed by atoms with Crippen LogP contribution in [-0.4, -0.2) is 18.5 Å². The van der Waals surface area contributed by atoms with Crippen molar-refractivity contribution >= 4 is 5.57 Å². The highest BCUT2D eigenvalue weighted by Gasteiger charge is 2.42. The Kier molecular flexibility index (Phi) is 4.16. The highest BCUT2D eigenvalue weighted by atomic mass is 17.2. The largest absolute Gasteiger partial charge is 0.344 e. The van der Waals surface area contributed by atoms with Gasteiger partial charge in [0.1, 0.15) is 6.10 Å². The van der Waals surface area contributed by atoms with Crippen LogP contribution in [0.5, 0.6) is 0 Å². The molecular formula is C18H24O3. The van der Waals surface area contributed by atoms with Crippen molar-refractivity contribution in [1.82, 2.24) is 0 Å². The number of rotatable bonds is 2. The van der Waals surface area contributed by atoms with E-state index in [1.807, 2.05) is 0 Å². The zero-order valence-corrected chi connectivity index (χ0v) is 12.9. The molecule has 3 rings (SSSR count). The number of hydrogen-bond acceptors (Lipinski definition) is 3.